The molecule has 0 aliphatic heterocycles. The van der Waals surface area contributed by atoms with E-state index in [0.717, 1.165) is 0 Å². The average Bonchev–Trinajstić information content (AvgIpc) is 2.32. The summed E-state index contributed by atoms with van der Waals surface area (Å²) in [5.74, 6) is -0.574. The quantitative estimate of drug-likeness (QED) is 0.800. The minimum atomic E-state index is -3.01. The second kappa shape index (κ2) is 7.75. The Hall–Kier alpha value is -0.920. The Bertz CT molecular complexity index is 489. The summed E-state index contributed by atoms with van der Waals surface area (Å²) in [4.78, 5) is 11.7. The van der Waals surface area contributed by atoms with Crippen LogP contribution in [0.5, 0.6) is 5.75 Å². The summed E-state index contributed by atoms with van der Waals surface area (Å²) in [5, 5.41) is 2.74. The van der Waals surface area contributed by atoms with Crippen molar-refractivity contribution in [1.29, 1.82) is 0 Å². The largest absolute Gasteiger partial charge is 0.431 e. The molecule has 1 unspecified atom stereocenters. The number of alkyl halides is 2. The molecular weight excluding hydrogens is 357 g/mol. The molecule has 0 spiro atoms. The van der Waals surface area contributed by atoms with E-state index in [2.05, 4.69) is 26.0 Å². The van der Waals surface area contributed by atoms with E-state index in [1.807, 2.05) is 6.92 Å². The van der Waals surface area contributed by atoms with Crippen LogP contribution >= 0.6 is 27.5 Å². The number of halogens is 4. The molecule has 0 saturated carbocycles. The van der Waals surface area contributed by atoms with Gasteiger partial charge in [-0.1, -0.05) is 18.5 Å². The topological polar surface area (TPSA) is 64.4 Å². The van der Waals surface area contributed by atoms with Crippen molar-refractivity contribution >= 4 is 39.1 Å². The van der Waals surface area contributed by atoms with Crippen molar-refractivity contribution in [3.63, 3.8) is 0 Å². The highest BCUT2D eigenvalue weighted by Crippen LogP contribution is 2.37. The number of rotatable bonds is 6. The van der Waals surface area contributed by atoms with Gasteiger partial charge in [0.1, 0.15) is 0 Å². The Morgan fingerprint density at radius 3 is 2.75 bits per heavy atom. The smallest absolute Gasteiger partial charge is 0.387 e. The highest BCUT2D eigenvalue weighted by Gasteiger charge is 2.17. The summed E-state index contributed by atoms with van der Waals surface area (Å²) in [6.45, 7) is -1.17. The third kappa shape index (κ3) is 5.22. The number of amides is 1. The third-order valence-electron chi connectivity index (χ3n) is 2.46. The zero-order valence-electron chi connectivity index (χ0n) is 10.6. The first kappa shape index (κ1) is 17.1. The molecular formula is C12H14BrClF2N2O2. The lowest BCUT2D eigenvalue weighted by molar-refractivity contribution is -0.116. The van der Waals surface area contributed by atoms with Gasteiger partial charge < -0.3 is 15.8 Å². The Balaban J connectivity index is 2.95. The molecule has 1 atom stereocenters. The van der Waals surface area contributed by atoms with Gasteiger partial charge in [-0.05, 0) is 34.5 Å². The second-order valence-electron chi connectivity index (χ2n) is 4.06. The van der Waals surface area contributed by atoms with Crippen LogP contribution in [0.15, 0.2) is 16.6 Å². The molecule has 0 heterocycles. The van der Waals surface area contributed by atoms with Gasteiger partial charge in [0, 0.05) is 17.5 Å². The molecule has 0 aromatic heterocycles. The minimum absolute atomic E-state index is 0.0676. The van der Waals surface area contributed by atoms with Gasteiger partial charge in [-0.2, -0.15) is 8.78 Å². The van der Waals surface area contributed by atoms with Crippen molar-refractivity contribution < 1.29 is 18.3 Å². The summed E-state index contributed by atoms with van der Waals surface area (Å²) in [6, 6.07) is 2.43. The number of carbonyl (C=O) groups is 1. The molecule has 20 heavy (non-hydrogen) atoms. The maximum absolute atomic E-state index is 12.4. The number of ether oxygens (including phenoxy) is 1. The van der Waals surface area contributed by atoms with Crippen LogP contribution in [0.2, 0.25) is 5.02 Å². The molecule has 3 N–H and O–H groups in total. The fourth-order valence-corrected chi connectivity index (χ4v) is 2.35. The molecule has 0 aliphatic carbocycles. The molecule has 0 saturated heterocycles. The lowest BCUT2D eigenvalue weighted by Gasteiger charge is -2.15. The fourth-order valence-electron chi connectivity index (χ4n) is 1.45. The SMILES string of the molecule is CCC(N)CC(=O)Nc1cc(Cl)cc(Br)c1OC(F)F. The van der Waals surface area contributed by atoms with Crippen LogP contribution in [0.25, 0.3) is 0 Å². The number of nitrogens with one attached hydrogen (secondary N) is 1. The summed E-state index contributed by atoms with van der Waals surface area (Å²) >= 11 is 8.89. The van der Waals surface area contributed by atoms with E-state index in [0.29, 0.717) is 6.42 Å². The Morgan fingerprint density at radius 2 is 2.20 bits per heavy atom. The van der Waals surface area contributed by atoms with E-state index >= 15 is 0 Å². The Labute approximate surface area is 128 Å². The molecule has 112 valence electrons. The van der Waals surface area contributed by atoms with Gasteiger partial charge in [-0.25, -0.2) is 0 Å². The van der Waals surface area contributed by atoms with Gasteiger partial charge in [0.2, 0.25) is 5.91 Å². The lowest BCUT2D eigenvalue weighted by Crippen LogP contribution is -2.26. The predicted octanol–water partition coefficient (Wildman–Crippen LogP) is 3.77. The van der Waals surface area contributed by atoms with Crippen LogP contribution in [0.1, 0.15) is 19.8 Å². The second-order valence-corrected chi connectivity index (χ2v) is 5.35. The number of hydrogen-bond donors (Lipinski definition) is 2. The van der Waals surface area contributed by atoms with Crippen LogP contribution in [0.4, 0.5) is 14.5 Å². The molecule has 1 rings (SSSR count). The minimum Gasteiger partial charge on any atom is -0.431 e. The number of hydrogen-bond acceptors (Lipinski definition) is 3. The van der Waals surface area contributed by atoms with Crippen molar-refractivity contribution in [1.82, 2.24) is 0 Å². The number of benzene rings is 1. The molecule has 0 radical (unpaired) electrons. The summed E-state index contributed by atoms with van der Waals surface area (Å²) in [7, 11) is 0. The van der Waals surface area contributed by atoms with E-state index < -0.39 is 12.5 Å². The zero-order valence-corrected chi connectivity index (χ0v) is 13.0. The van der Waals surface area contributed by atoms with Gasteiger partial charge in [0.05, 0.1) is 10.2 Å². The molecule has 1 amide bonds. The van der Waals surface area contributed by atoms with Crippen molar-refractivity contribution in [2.24, 2.45) is 5.73 Å². The van der Waals surface area contributed by atoms with Gasteiger partial charge >= 0.3 is 6.61 Å². The Morgan fingerprint density at radius 1 is 1.55 bits per heavy atom. The van der Waals surface area contributed by atoms with Gasteiger partial charge in [-0.3, -0.25) is 4.79 Å². The van der Waals surface area contributed by atoms with Crippen LogP contribution in [0.3, 0.4) is 0 Å². The van der Waals surface area contributed by atoms with E-state index in [9.17, 15) is 13.6 Å². The van der Waals surface area contributed by atoms with E-state index in [1.54, 1.807) is 0 Å². The highest BCUT2D eigenvalue weighted by atomic mass is 79.9. The van der Waals surface area contributed by atoms with Crippen LogP contribution < -0.4 is 15.8 Å². The number of carbonyl (C=O) groups excluding carboxylic acids is 1. The van der Waals surface area contributed by atoms with Crippen LogP contribution in [0, 0.1) is 0 Å². The first-order valence-electron chi connectivity index (χ1n) is 5.82. The van der Waals surface area contributed by atoms with Crippen LogP contribution in [-0.2, 0) is 4.79 Å². The molecule has 0 bridgehead atoms. The van der Waals surface area contributed by atoms with Gasteiger partial charge in [-0.15, -0.1) is 0 Å². The molecule has 8 heteroatoms. The molecule has 1 aromatic rings. The van der Waals surface area contributed by atoms with Crippen molar-refractivity contribution in [2.75, 3.05) is 5.32 Å². The molecule has 4 nitrogen and oxygen atoms in total. The zero-order chi connectivity index (χ0) is 15.3. The maximum Gasteiger partial charge on any atom is 0.387 e. The summed E-state index contributed by atoms with van der Waals surface area (Å²) in [6.07, 6.45) is 0.710. The molecule has 0 aliphatic rings. The van der Waals surface area contributed by atoms with Crippen LogP contribution in [-0.4, -0.2) is 18.6 Å². The standard InChI is InChI=1S/C12H14BrClF2N2O2/c1-2-7(17)5-10(19)18-9-4-6(14)3-8(13)11(9)20-12(15)16/h3-4,7,12H,2,5,17H2,1H3,(H,18,19). The first-order chi connectivity index (χ1) is 9.33. The number of anilines is 1. The average molecular weight is 372 g/mol. The molecule has 0 fully saturated rings. The molecule has 1 aromatic carbocycles. The Kier molecular flexibility index (Phi) is 6.64. The number of nitrogens with two attached hydrogens (primary N) is 1. The summed E-state index contributed by atoms with van der Waals surface area (Å²) in [5.41, 5.74) is 5.73. The predicted molar refractivity (Wildman–Crippen MR) is 77.3 cm³/mol. The summed E-state index contributed by atoms with van der Waals surface area (Å²) < 4.78 is 29.3. The van der Waals surface area contributed by atoms with Gasteiger partial charge in [0.25, 0.3) is 0 Å². The van der Waals surface area contributed by atoms with E-state index in [4.69, 9.17) is 17.3 Å². The monoisotopic (exact) mass is 370 g/mol. The van der Waals surface area contributed by atoms with E-state index in [-0.39, 0.29) is 33.4 Å². The van der Waals surface area contributed by atoms with Crippen molar-refractivity contribution in [3.8, 4) is 5.75 Å². The third-order valence-corrected chi connectivity index (χ3v) is 3.27. The van der Waals surface area contributed by atoms with Crippen molar-refractivity contribution in [3.05, 3.63) is 21.6 Å². The lowest BCUT2D eigenvalue weighted by atomic mass is 10.1. The fraction of sp³-hybridized carbons (Fsp3) is 0.417. The maximum atomic E-state index is 12.4. The highest BCUT2D eigenvalue weighted by molar-refractivity contribution is 9.10. The van der Waals surface area contributed by atoms with Crippen molar-refractivity contribution in [2.45, 2.75) is 32.4 Å². The normalized spacial score (nSPS) is 12.3. The van der Waals surface area contributed by atoms with Gasteiger partial charge in [0.15, 0.2) is 5.75 Å². The van der Waals surface area contributed by atoms with E-state index in [1.165, 1.54) is 12.1 Å². The first-order valence-corrected chi connectivity index (χ1v) is 6.99.